The van der Waals surface area contributed by atoms with Gasteiger partial charge in [-0.3, -0.25) is 0 Å². The van der Waals surface area contributed by atoms with E-state index in [1.165, 1.54) is 38.5 Å². The number of para-hydroxylation sites is 1. The van der Waals surface area contributed by atoms with Crippen LogP contribution in [0.4, 0.5) is 0 Å². The monoisotopic (exact) mass is 432 g/mol. The molecule has 174 valence electrons. The number of benzene rings is 1. The second-order valence-electron chi connectivity index (χ2n) is 9.38. The van der Waals surface area contributed by atoms with E-state index in [-0.39, 0.29) is 11.9 Å². The molecule has 0 N–H and O–H groups in total. The molecule has 0 spiro atoms. The van der Waals surface area contributed by atoms with Gasteiger partial charge in [-0.2, -0.15) is 0 Å². The van der Waals surface area contributed by atoms with Crippen LogP contribution in [0.1, 0.15) is 92.9 Å². The molecule has 0 aliphatic carbocycles. The molecule has 1 aromatic heterocycles. The summed E-state index contributed by atoms with van der Waals surface area (Å²) in [7, 11) is 0. The summed E-state index contributed by atoms with van der Waals surface area (Å²) in [6.07, 6.45) is 9.56. The van der Waals surface area contributed by atoms with Crippen LogP contribution < -0.4 is 19.8 Å². The molecule has 31 heavy (non-hydrogen) atoms. The largest absolute Gasteiger partial charge is 0.486 e. The summed E-state index contributed by atoms with van der Waals surface area (Å²) in [5.74, 6) is 1.10. The second-order valence-corrected chi connectivity index (χ2v) is 9.38. The fourth-order valence-corrected chi connectivity index (χ4v) is 3.45. The van der Waals surface area contributed by atoms with Gasteiger partial charge in [-0.05, 0) is 53.2 Å². The molecular weight excluding hydrogens is 392 g/mol. The predicted octanol–water partition coefficient (Wildman–Crippen LogP) is 7.28. The lowest BCUT2D eigenvalue weighted by Crippen LogP contribution is -2.23. The van der Waals surface area contributed by atoms with Gasteiger partial charge in [0.1, 0.15) is 5.60 Å². The van der Waals surface area contributed by atoms with E-state index in [4.69, 9.17) is 18.6 Å². The smallest absolute Gasteiger partial charge is 0.383 e. The van der Waals surface area contributed by atoms with E-state index < -0.39 is 11.2 Å². The van der Waals surface area contributed by atoms with Crippen molar-refractivity contribution in [1.29, 1.82) is 0 Å². The third kappa shape index (κ3) is 8.12. The molecule has 2 aromatic rings. The third-order valence-corrected chi connectivity index (χ3v) is 4.82. The summed E-state index contributed by atoms with van der Waals surface area (Å²) in [5.41, 5.74) is -0.567. The van der Waals surface area contributed by atoms with Crippen LogP contribution in [0.25, 0.3) is 11.0 Å². The topological polar surface area (TPSA) is 57.9 Å². The van der Waals surface area contributed by atoms with E-state index in [0.29, 0.717) is 29.1 Å². The van der Waals surface area contributed by atoms with Crippen LogP contribution in [0, 0.1) is 0 Å². The molecule has 0 fully saturated rings. The zero-order valence-electron chi connectivity index (χ0n) is 20.2. The molecule has 0 bridgehead atoms. The van der Waals surface area contributed by atoms with Crippen molar-refractivity contribution < 1.29 is 18.6 Å². The summed E-state index contributed by atoms with van der Waals surface area (Å²) < 4.78 is 23.5. The van der Waals surface area contributed by atoms with Gasteiger partial charge in [0.15, 0.2) is 17.1 Å². The number of ether oxygens (including phenoxy) is 3. The van der Waals surface area contributed by atoms with Gasteiger partial charge in [0.05, 0.1) is 18.1 Å². The fourth-order valence-electron chi connectivity index (χ4n) is 3.45. The molecule has 5 nitrogen and oxygen atoms in total. The van der Waals surface area contributed by atoms with Crippen LogP contribution in [-0.2, 0) is 0 Å². The highest BCUT2D eigenvalue weighted by molar-refractivity contribution is 5.90. The number of hydrogen-bond acceptors (Lipinski definition) is 5. The van der Waals surface area contributed by atoms with Crippen molar-refractivity contribution in [2.45, 2.75) is 105 Å². The summed E-state index contributed by atoms with van der Waals surface area (Å²) >= 11 is 0. The van der Waals surface area contributed by atoms with Gasteiger partial charge < -0.3 is 18.6 Å². The van der Waals surface area contributed by atoms with Gasteiger partial charge in [0.25, 0.3) is 0 Å². The van der Waals surface area contributed by atoms with Crippen LogP contribution >= 0.6 is 0 Å². The summed E-state index contributed by atoms with van der Waals surface area (Å²) in [6, 6.07) is 5.55. The first kappa shape index (κ1) is 25.1. The van der Waals surface area contributed by atoms with E-state index in [1.807, 2.05) is 46.8 Å². The van der Waals surface area contributed by atoms with Crippen molar-refractivity contribution in [1.82, 2.24) is 0 Å². The molecule has 1 heterocycles. The van der Waals surface area contributed by atoms with Crippen molar-refractivity contribution in [3.8, 4) is 17.2 Å². The van der Waals surface area contributed by atoms with E-state index in [9.17, 15) is 4.79 Å². The summed E-state index contributed by atoms with van der Waals surface area (Å²) in [4.78, 5) is 12.8. The third-order valence-electron chi connectivity index (χ3n) is 4.82. The molecule has 0 unspecified atom stereocenters. The van der Waals surface area contributed by atoms with Gasteiger partial charge in [-0.1, -0.05) is 57.9 Å². The van der Waals surface area contributed by atoms with Crippen LogP contribution in [0.3, 0.4) is 0 Å². The van der Waals surface area contributed by atoms with Crippen LogP contribution in [0.5, 0.6) is 17.2 Å². The zero-order chi connectivity index (χ0) is 22.9. The lowest BCUT2D eigenvalue weighted by Gasteiger charge is -2.22. The van der Waals surface area contributed by atoms with Crippen molar-refractivity contribution in [2.24, 2.45) is 0 Å². The Morgan fingerprint density at radius 3 is 2.19 bits per heavy atom. The summed E-state index contributed by atoms with van der Waals surface area (Å²) in [6.45, 7) is 12.4. The summed E-state index contributed by atoms with van der Waals surface area (Å²) in [5, 5.41) is 0.681. The van der Waals surface area contributed by atoms with Crippen molar-refractivity contribution in [3.63, 3.8) is 0 Å². The Morgan fingerprint density at radius 1 is 0.935 bits per heavy atom. The van der Waals surface area contributed by atoms with Gasteiger partial charge in [0, 0.05) is 0 Å². The number of unbranched alkanes of at least 4 members (excludes halogenated alkanes) is 7. The minimum atomic E-state index is -0.535. The van der Waals surface area contributed by atoms with Crippen LogP contribution in [0.15, 0.2) is 27.4 Å². The lowest BCUT2D eigenvalue weighted by atomic mass is 10.1. The number of fused-ring (bicyclic) bond motifs is 1. The van der Waals surface area contributed by atoms with E-state index in [0.717, 1.165) is 12.8 Å². The van der Waals surface area contributed by atoms with Crippen molar-refractivity contribution in [3.05, 3.63) is 28.6 Å². The Balaban J connectivity index is 2.15. The maximum Gasteiger partial charge on any atom is 0.383 e. The highest BCUT2D eigenvalue weighted by Gasteiger charge is 2.23. The molecule has 1 aromatic carbocycles. The minimum absolute atomic E-state index is 0.109. The van der Waals surface area contributed by atoms with Crippen molar-refractivity contribution in [2.75, 3.05) is 6.61 Å². The average molecular weight is 433 g/mol. The first-order valence-electron chi connectivity index (χ1n) is 11.8. The zero-order valence-corrected chi connectivity index (χ0v) is 20.2. The highest BCUT2D eigenvalue weighted by Crippen LogP contribution is 2.38. The highest BCUT2D eigenvalue weighted by atomic mass is 16.5. The Morgan fingerprint density at radius 2 is 1.58 bits per heavy atom. The molecule has 5 heteroatoms. The van der Waals surface area contributed by atoms with Gasteiger partial charge in [-0.15, -0.1) is 0 Å². The quantitative estimate of drug-likeness (QED) is 0.246. The van der Waals surface area contributed by atoms with E-state index >= 15 is 0 Å². The fraction of sp³-hybridized carbons (Fsp3) is 0.654. The standard InChI is InChI=1S/C26H40O5/c1-7-8-9-10-11-12-13-14-18-28-24-23(29-19(2)3)20-16-15-17-21(31-26(4,5)6)22(20)30-25(24)27/h15-17,19H,7-14,18H2,1-6H3. The maximum absolute atomic E-state index is 12.8. The van der Waals surface area contributed by atoms with Crippen LogP contribution in [0.2, 0.25) is 0 Å². The average Bonchev–Trinajstić information content (AvgIpc) is 2.67. The van der Waals surface area contributed by atoms with E-state index in [1.54, 1.807) is 6.07 Å². The van der Waals surface area contributed by atoms with Crippen molar-refractivity contribution >= 4 is 11.0 Å². The Labute approximate surface area is 187 Å². The van der Waals surface area contributed by atoms with E-state index in [2.05, 4.69) is 6.92 Å². The molecular formula is C26H40O5. The molecule has 0 amide bonds. The SMILES string of the molecule is CCCCCCCCCCOc1c(OC(C)C)c2cccc(OC(C)(C)C)c2oc1=O. The molecule has 0 saturated carbocycles. The Hall–Kier alpha value is -2.17. The lowest BCUT2D eigenvalue weighted by molar-refractivity contribution is 0.131. The first-order valence-corrected chi connectivity index (χ1v) is 11.8. The molecule has 0 radical (unpaired) electrons. The molecule has 0 aliphatic heterocycles. The van der Waals surface area contributed by atoms with Gasteiger partial charge >= 0.3 is 5.63 Å². The Bertz CT molecular complexity index is 860. The molecule has 0 atom stereocenters. The Kier molecular flexibility index (Phi) is 9.73. The normalized spacial score (nSPS) is 11.8. The predicted molar refractivity (Wildman–Crippen MR) is 127 cm³/mol. The molecule has 0 saturated heterocycles. The number of hydrogen-bond donors (Lipinski definition) is 0. The van der Waals surface area contributed by atoms with Gasteiger partial charge in [0.2, 0.25) is 5.75 Å². The molecule has 0 aliphatic rings. The minimum Gasteiger partial charge on any atom is -0.486 e. The maximum atomic E-state index is 12.8. The van der Waals surface area contributed by atoms with Crippen LogP contribution in [-0.4, -0.2) is 18.3 Å². The first-order chi connectivity index (χ1) is 14.7. The second kappa shape index (κ2) is 12.0. The molecule has 2 rings (SSSR count). The number of rotatable bonds is 13. The van der Waals surface area contributed by atoms with Gasteiger partial charge in [-0.25, -0.2) is 4.79 Å².